The van der Waals surface area contributed by atoms with Crippen LogP contribution in [0.4, 0.5) is 0 Å². The fourth-order valence-electron chi connectivity index (χ4n) is 3.20. The van der Waals surface area contributed by atoms with Gasteiger partial charge in [-0.25, -0.2) is 9.97 Å². The number of aromatic nitrogens is 4. The summed E-state index contributed by atoms with van der Waals surface area (Å²) in [5.41, 5.74) is 1.19. The molecule has 1 aliphatic rings. The van der Waals surface area contributed by atoms with E-state index in [9.17, 15) is 20.4 Å². The summed E-state index contributed by atoms with van der Waals surface area (Å²) in [4.78, 5) is 15.9. The van der Waals surface area contributed by atoms with Crippen LogP contribution in [0.2, 0.25) is 0 Å². The lowest BCUT2D eigenvalue weighted by atomic mass is 9.98. The van der Waals surface area contributed by atoms with E-state index in [1.54, 1.807) is 6.07 Å². The fourth-order valence-corrected chi connectivity index (χ4v) is 3.20. The number of nitrogens with one attached hydrogen (secondary N) is 1. The molecule has 0 amide bonds. The van der Waals surface area contributed by atoms with Crippen molar-refractivity contribution >= 4 is 11.2 Å². The minimum atomic E-state index is -1.51. The van der Waals surface area contributed by atoms with Gasteiger partial charge < -0.3 is 39.3 Å². The highest BCUT2D eigenvalue weighted by atomic mass is 16.6. The number of nitrogens with zero attached hydrogens (tertiary/aromatic N) is 4. The highest BCUT2D eigenvalue weighted by molar-refractivity contribution is 5.68. The number of hydrogen-bond acceptors (Lipinski definition) is 10. The van der Waals surface area contributed by atoms with Gasteiger partial charge in [-0.05, 0) is 0 Å². The number of aliphatic hydroxyl groups is 4. The second-order valence-electron chi connectivity index (χ2n) is 6.57. The van der Waals surface area contributed by atoms with E-state index in [0.717, 1.165) is 0 Å². The number of hydrogen-bond donors (Lipinski definition) is 5. The number of aromatic amines is 1. The first-order chi connectivity index (χ1) is 14.0. The summed E-state index contributed by atoms with van der Waals surface area (Å²) in [5, 5.41) is 39.8. The van der Waals surface area contributed by atoms with E-state index < -0.39 is 37.3 Å². The van der Waals surface area contributed by atoms with Gasteiger partial charge in [-0.1, -0.05) is 0 Å². The van der Waals surface area contributed by atoms with E-state index in [1.165, 1.54) is 30.6 Å². The van der Waals surface area contributed by atoms with Crippen LogP contribution in [0.25, 0.3) is 11.2 Å². The first kappa shape index (κ1) is 19.5. The first-order valence-electron chi connectivity index (χ1n) is 8.86. The van der Waals surface area contributed by atoms with Gasteiger partial charge in [0.25, 0.3) is 0 Å². The van der Waals surface area contributed by atoms with E-state index >= 15 is 0 Å². The summed E-state index contributed by atoms with van der Waals surface area (Å²) in [6.45, 7) is -0.312. The summed E-state index contributed by atoms with van der Waals surface area (Å²) in [5.74, 6) is 1.17. The van der Waals surface area contributed by atoms with E-state index in [-0.39, 0.29) is 6.54 Å². The molecule has 0 spiro atoms. The summed E-state index contributed by atoms with van der Waals surface area (Å²) >= 11 is 0. The molecule has 12 nitrogen and oxygen atoms in total. The molecule has 1 aliphatic heterocycles. The zero-order valence-electron chi connectivity index (χ0n) is 15.4. The predicted octanol–water partition coefficient (Wildman–Crippen LogP) is -1.57. The molecular weight excluding hydrogens is 386 g/mol. The van der Waals surface area contributed by atoms with E-state index in [4.69, 9.17) is 13.9 Å². The lowest BCUT2D eigenvalue weighted by Crippen LogP contribution is -2.56. The maximum absolute atomic E-state index is 10.4. The Morgan fingerprint density at radius 1 is 1.24 bits per heavy atom. The maximum Gasteiger partial charge on any atom is 0.177 e. The summed E-state index contributed by atoms with van der Waals surface area (Å²) in [6.07, 6.45) is -2.32. The molecule has 12 heteroatoms. The van der Waals surface area contributed by atoms with Crippen LogP contribution in [0.1, 0.15) is 12.0 Å². The van der Waals surface area contributed by atoms with Gasteiger partial charge in [0, 0.05) is 6.07 Å². The maximum atomic E-state index is 10.4. The van der Waals surface area contributed by atoms with Crippen molar-refractivity contribution in [3.8, 4) is 5.75 Å². The smallest absolute Gasteiger partial charge is 0.177 e. The van der Waals surface area contributed by atoms with Crippen LogP contribution in [0.5, 0.6) is 5.75 Å². The second kappa shape index (κ2) is 7.93. The van der Waals surface area contributed by atoms with Crippen LogP contribution < -0.4 is 10.2 Å². The average molecular weight is 407 g/mol. The van der Waals surface area contributed by atoms with E-state index in [2.05, 4.69) is 19.9 Å². The number of fused-ring (bicyclic) bond motifs is 1. The number of ether oxygens (including phenoxy) is 2. The Morgan fingerprint density at radius 3 is 2.79 bits per heavy atom. The molecule has 1 unspecified atom stereocenters. The number of rotatable bonds is 5. The monoisotopic (exact) mass is 407 g/mol. The molecule has 0 saturated carbocycles. The lowest BCUT2D eigenvalue weighted by Gasteiger charge is -2.40. The topological polar surface area (TPSA) is 171 Å². The molecule has 4 heterocycles. The number of H-pyrrole nitrogens is 1. The number of methoxy groups -OCH3 is 1. The summed E-state index contributed by atoms with van der Waals surface area (Å²) in [6, 6.07) is 1.71. The van der Waals surface area contributed by atoms with Crippen molar-refractivity contribution in [3.05, 3.63) is 36.2 Å². The molecule has 0 radical (unpaired) electrons. The Morgan fingerprint density at radius 2 is 2.07 bits per heavy atom. The van der Waals surface area contributed by atoms with Gasteiger partial charge in [-0.2, -0.15) is 0 Å². The summed E-state index contributed by atoms with van der Waals surface area (Å²) < 4.78 is 17.4. The Hall–Kier alpha value is -2.77. The number of furan rings is 1. The van der Waals surface area contributed by atoms with Gasteiger partial charge >= 0.3 is 0 Å². The molecule has 0 aromatic carbocycles. The Kier molecular flexibility index (Phi) is 5.34. The van der Waals surface area contributed by atoms with Crippen molar-refractivity contribution in [1.29, 1.82) is 0 Å². The Labute approximate surface area is 163 Å². The second-order valence-corrected chi connectivity index (χ2v) is 6.57. The van der Waals surface area contributed by atoms with Crippen molar-refractivity contribution in [3.63, 3.8) is 0 Å². The summed E-state index contributed by atoms with van der Waals surface area (Å²) in [7, 11) is 1.54. The van der Waals surface area contributed by atoms with Gasteiger partial charge in [0.05, 0.1) is 26.6 Å². The Bertz CT molecular complexity index is 1040. The molecular formula is C17H21N5O7. The highest BCUT2D eigenvalue weighted by Crippen LogP contribution is 2.29. The molecule has 3 aromatic heterocycles. The van der Waals surface area contributed by atoms with Gasteiger partial charge in [-0.15, -0.1) is 0 Å². The predicted molar refractivity (Wildman–Crippen MR) is 95.4 cm³/mol. The number of imidazole rings is 1. The third kappa shape index (κ3) is 3.52. The number of aliphatic hydroxyl groups excluding tert-OH is 4. The molecule has 5 N–H and O–H groups in total. The standard InChI is InChI=1S/C17H21N5O7/c1-27-9-2-8(28-5-9)3-18-15-11-16(20-6-19-11)22(7-21-15)17-14(26)13(25)12(24)10(4-23)29-17/h2,5-7,10,12-14,17,23-26H,3-4H2,1H3,(H,19,20)/t10-,12-,13+,14-,17?/m1/s1. The van der Waals surface area contributed by atoms with Gasteiger partial charge in [0.1, 0.15) is 48.3 Å². The quantitative estimate of drug-likeness (QED) is 0.335. The molecule has 1 saturated heterocycles. The van der Waals surface area contributed by atoms with Gasteiger partial charge in [0.2, 0.25) is 0 Å². The van der Waals surface area contributed by atoms with E-state index in [0.29, 0.717) is 28.2 Å². The van der Waals surface area contributed by atoms with Crippen LogP contribution in [-0.4, -0.2) is 78.1 Å². The normalized spacial score (nSPS) is 28.2. The average Bonchev–Trinajstić information content (AvgIpc) is 3.40. The van der Waals surface area contributed by atoms with Gasteiger partial charge in [-0.3, -0.25) is 9.56 Å². The van der Waals surface area contributed by atoms with Crippen molar-refractivity contribution in [2.45, 2.75) is 37.2 Å². The minimum absolute atomic E-state index is 0.217. The van der Waals surface area contributed by atoms with Crippen molar-refractivity contribution in [2.24, 2.45) is 4.99 Å². The van der Waals surface area contributed by atoms with Crippen LogP contribution in [-0.2, 0) is 11.3 Å². The highest BCUT2D eigenvalue weighted by Gasteiger charge is 2.44. The van der Waals surface area contributed by atoms with Crippen molar-refractivity contribution in [2.75, 3.05) is 13.7 Å². The Balaban J connectivity index is 1.68. The van der Waals surface area contributed by atoms with Crippen molar-refractivity contribution < 1.29 is 34.3 Å². The molecule has 4 rings (SSSR count). The fraction of sp³-hybridized carbons (Fsp3) is 0.471. The molecule has 0 bridgehead atoms. The lowest BCUT2D eigenvalue weighted by molar-refractivity contribution is -0.250. The van der Waals surface area contributed by atoms with E-state index in [1.807, 2.05) is 0 Å². The zero-order valence-corrected chi connectivity index (χ0v) is 15.4. The first-order valence-corrected chi connectivity index (χ1v) is 8.86. The molecule has 156 valence electrons. The largest absolute Gasteiger partial charge is 0.493 e. The molecule has 0 aliphatic carbocycles. The third-order valence-corrected chi connectivity index (χ3v) is 4.78. The SMILES string of the molecule is COc1coc(CN=c2ncn(C3O[C@H](CO)[C@@H](O)[C@H](O)[C@H]3O)c3nc[nH]c23)c1. The molecule has 3 aromatic rings. The van der Waals surface area contributed by atoms with Gasteiger partial charge in [0.15, 0.2) is 23.1 Å². The van der Waals surface area contributed by atoms with Crippen LogP contribution in [0.3, 0.4) is 0 Å². The van der Waals surface area contributed by atoms with Crippen molar-refractivity contribution in [1.82, 2.24) is 19.5 Å². The molecule has 5 atom stereocenters. The molecule has 29 heavy (non-hydrogen) atoms. The van der Waals surface area contributed by atoms with Crippen LogP contribution >= 0.6 is 0 Å². The van der Waals surface area contributed by atoms with Crippen LogP contribution in [0.15, 0.2) is 34.4 Å². The zero-order chi connectivity index (χ0) is 20.5. The van der Waals surface area contributed by atoms with Crippen LogP contribution in [0, 0.1) is 0 Å². The minimum Gasteiger partial charge on any atom is -0.493 e. The third-order valence-electron chi connectivity index (χ3n) is 4.78. The molecule has 1 fully saturated rings.